The molecule has 0 aromatic carbocycles. The molecular formula is C14H25N3OS. The van der Waals surface area contributed by atoms with Gasteiger partial charge in [0, 0.05) is 6.54 Å². The van der Waals surface area contributed by atoms with Crippen LogP contribution < -0.4 is 10.1 Å². The Morgan fingerprint density at radius 2 is 2.42 bits per heavy atom. The van der Waals surface area contributed by atoms with E-state index in [1.807, 2.05) is 6.20 Å². The molecule has 2 unspecified atom stereocenters. The Morgan fingerprint density at radius 3 is 3.00 bits per heavy atom. The summed E-state index contributed by atoms with van der Waals surface area (Å²) in [6.45, 7) is 6.29. The van der Waals surface area contributed by atoms with E-state index in [-0.39, 0.29) is 0 Å². The molecule has 1 aliphatic heterocycles. The number of hydrogen-bond donors (Lipinski definition) is 1. The van der Waals surface area contributed by atoms with Crippen LogP contribution in [-0.4, -0.2) is 34.9 Å². The van der Waals surface area contributed by atoms with Crippen LogP contribution in [-0.2, 0) is 6.54 Å². The van der Waals surface area contributed by atoms with Crippen molar-refractivity contribution in [2.24, 2.45) is 5.92 Å². The Morgan fingerprint density at radius 1 is 1.58 bits per heavy atom. The van der Waals surface area contributed by atoms with Gasteiger partial charge in [0.2, 0.25) is 0 Å². The van der Waals surface area contributed by atoms with E-state index in [0.717, 1.165) is 25.3 Å². The minimum Gasteiger partial charge on any atom is -0.493 e. The maximum Gasteiger partial charge on any atom is 0.161 e. The molecule has 0 aliphatic carbocycles. The van der Waals surface area contributed by atoms with Gasteiger partial charge < -0.3 is 10.1 Å². The SMILES string of the molecule is CCCn1ncc(OC)c1C(NCC)C1CCSC1. The minimum absolute atomic E-state index is 0.365. The summed E-state index contributed by atoms with van der Waals surface area (Å²) in [6, 6.07) is 0.365. The molecule has 1 fully saturated rings. The van der Waals surface area contributed by atoms with E-state index < -0.39 is 0 Å². The van der Waals surface area contributed by atoms with E-state index >= 15 is 0 Å². The van der Waals surface area contributed by atoms with Crippen molar-refractivity contribution in [1.82, 2.24) is 15.1 Å². The number of aryl methyl sites for hydroxylation is 1. The second kappa shape index (κ2) is 7.20. The summed E-state index contributed by atoms with van der Waals surface area (Å²) in [5.74, 6) is 4.12. The molecule has 1 aromatic heterocycles. The van der Waals surface area contributed by atoms with Gasteiger partial charge in [-0.1, -0.05) is 13.8 Å². The molecule has 2 atom stereocenters. The molecule has 0 bridgehead atoms. The maximum absolute atomic E-state index is 5.53. The van der Waals surface area contributed by atoms with Crippen molar-refractivity contribution in [3.8, 4) is 5.75 Å². The van der Waals surface area contributed by atoms with Gasteiger partial charge in [-0.3, -0.25) is 4.68 Å². The van der Waals surface area contributed by atoms with Gasteiger partial charge in [-0.2, -0.15) is 16.9 Å². The van der Waals surface area contributed by atoms with Crippen LogP contribution in [0.5, 0.6) is 5.75 Å². The summed E-state index contributed by atoms with van der Waals surface area (Å²) < 4.78 is 7.65. The lowest BCUT2D eigenvalue weighted by molar-refractivity contribution is 0.345. The molecular weight excluding hydrogens is 258 g/mol. The highest BCUT2D eigenvalue weighted by molar-refractivity contribution is 7.99. The predicted molar refractivity (Wildman–Crippen MR) is 80.9 cm³/mol. The van der Waals surface area contributed by atoms with Crippen LogP contribution in [0.2, 0.25) is 0 Å². The number of aromatic nitrogens is 2. The second-order valence-electron chi connectivity index (χ2n) is 4.98. The van der Waals surface area contributed by atoms with Gasteiger partial charge in [-0.15, -0.1) is 0 Å². The van der Waals surface area contributed by atoms with Gasteiger partial charge in [0.15, 0.2) is 5.75 Å². The van der Waals surface area contributed by atoms with Crippen LogP contribution in [0.1, 0.15) is 38.4 Å². The van der Waals surface area contributed by atoms with Gasteiger partial charge in [-0.05, 0) is 36.8 Å². The Hall–Kier alpha value is -0.680. The van der Waals surface area contributed by atoms with Gasteiger partial charge in [0.25, 0.3) is 0 Å². The van der Waals surface area contributed by atoms with Crippen LogP contribution in [0.4, 0.5) is 0 Å². The molecule has 5 heteroatoms. The van der Waals surface area contributed by atoms with Crippen LogP contribution >= 0.6 is 11.8 Å². The molecule has 0 spiro atoms. The summed E-state index contributed by atoms with van der Waals surface area (Å²) in [5, 5.41) is 8.14. The largest absolute Gasteiger partial charge is 0.493 e. The molecule has 1 N–H and O–H groups in total. The van der Waals surface area contributed by atoms with Crippen molar-refractivity contribution in [3.05, 3.63) is 11.9 Å². The van der Waals surface area contributed by atoms with E-state index in [1.54, 1.807) is 7.11 Å². The maximum atomic E-state index is 5.53. The Balaban J connectivity index is 2.30. The lowest BCUT2D eigenvalue weighted by Gasteiger charge is -2.25. The molecule has 0 saturated carbocycles. The molecule has 1 aromatic rings. The lowest BCUT2D eigenvalue weighted by Crippen LogP contribution is -2.31. The number of ether oxygens (including phenoxy) is 1. The van der Waals surface area contributed by atoms with Crippen molar-refractivity contribution in [2.45, 2.75) is 39.3 Å². The molecule has 1 aliphatic rings. The monoisotopic (exact) mass is 283 g/mol. The molecule has 0 radical (unpaired) electrons. The Kier molecular flexibility index (Phi) is 5.58. The van der Waals surface area contributed by atoms with E-state index in [0.29, 0.717) is 12.0 Å². The van der Waals surface area contributed by atoms with Gasteiger partial charge in [0.1, 0.15) is 0 Å². The van der Waals surface area contributed by atoms with Crippen LogP contribution in [0.25, 0.3) is 0 Å². The molecule has 2 rings (SSSR count). The normalized spacial score (nSPS) is 20.7. The number of rotatable bonds is 7. The fourth-order valence-corrected chi connectivity index (χ4v) is 4.06. The predicted octanol–water partition coefficient (Wildman–Crippen LogP) is 2.71. The smallest absolute Gasteiger partial charge is 0.161 e. The first-order valence-electron chi connectivity index (χ1n) is 7.22. The van der Waals surface area contributed by atoms with Crippen molar-refractivity contribution in [2.75, 3.05) is 25.2 Å². The number of nitrogens with one attached hydrogen (secondary N) is 1. The topological polar surface area (TPSA) is 39.1 Å². The van der Waals surface area contributed by atoms with E-state index in [2.05, 4.69) is 40.7 Å². The van der Waals surface area contributed by atoms with E-state index in [4.69, 9.17) is 4.74 Å². The first kappa shape index (κ1) is 14.7. The van der Waals surface area contributed by atoms with Crippen molar-refractivity contribution in [1.29, 1.82) is 0 Å². The molecule has 19 heavy (non-hydrogen) atoms. The third-order valence-electron chi connectivity index (χ3n) is 3.66. The Labute approximate surface area is 120 Å². The molecule has 1 saturated heterocycles. The summed E-state index contributed by atoms with van der Waals surface area (Å²) in [7, 11) is 1.74. The number of methoxy groups -OCH3 is 1. The highest BCUT2D eigenvalue weighted by Crippen LogP contribution is 2.37. The Bertz CT molecular complexity index is 388. The van der Waals surface area contributed by atoms with Crippen molar-refractivity contribution < 1.29 is 4.74 Å². The molecule has 2 heterocycles. The van der Waals surface area contributed by atoms with Crippen LogP contribution in [0.3, 0.4) is 0 Å². The molecule has 108 valence electrons. The van der Waals surface area contributed by atoms with Crippen LogP contribution in [0.15, 0.2) is 6.20 Å². The lowest BCUT2D eigenvalue weighted by atomic mass is 9.95. The van der Waals surface area contributed by atoms with Crippen LogP contribution in [0, 0.1) is 5.92 Å². The van der Waals surface area contributed by atoms with Crippen molar-refractivity contribution in [3.63, 3.8) is 0 Å². The third-order valence-corrected chi connectivity index (χ3v) is 4.84. The zero-order valence-corrected chi connectivity index (χ0v) is 13.0. The number of hydrogen-bond acceptors (Lipinski definition) is 4. The number of thioether (sulfide) groups is 1. The summed E-state index contributed by atoms with van der Waals surface area (Å²) in [6.07, 6.45) is 4.23. The summed E-state index contributed by atoms with van der Waals surface area (Å²) in [4.78, 5) is 0. The van der Waals surface area contributed by atoms with Gasteiger partial charge >= 0.3 is 0 Å². The fourth-order valence-electron chi connectivity index (χ4n) is 2.76. The summed E-state index contributed by atoms with van der Waals surface area (Å²) >= 11 is 2.06. The zero-order valence-electron chi connectivity index (χ0n) is 12.2. The minimum atomic E-state index is 0.365. The van der Waals surface area contributed by atoms with E-state index in [1.165, 1.54) is 23.6 Å². The molecule has 0 amide bonds. The zero-order chi connectivity index (χ0) is 13.7. The highest BCUT2D eigenvalue weighted by atomic mass is 32.2. The highest BCUT2D eigenvalue weighted by Gasteiger charge is 2.31. The van der Waals surface area contributed by atoms with E-state index in [9.17, 15) is 0 Å². The average molecular weight is 283 g/mol. The first-order chi connectivity index (χ1) is 9.31. The van der Waals surface area contributed by atoms with Gasteiger partial charge in [0.05, 0.1) is 25.0 Å². The quantitative estimate of drug-likeness (QED) is 0.835. The second-order valence-corrected chi connectivity index (χ2v) is 6.13. The van der Waals surface area contributed by atoms with Gasteiger partial charge in [-0.25, -0.2) is 0 Å². The standard InChI is InChI=1S/C14H25N3OS/c1-4-7-17-14(12(18-3)9-16-17)13(15-5-2)11-6-8-19-10-11/h9,11,13,15H,4-8,10H2,1-3H3. The third kappa shape index (κ3) is 3.26. The first-order valence-corrected chi connectivity index (χ1v) is 8.38. The number of nitrogens with zero attached hydrogens (tertiary/aromatic N) is 2. The fraction of sp³-hybridized carbons (Fsp3) is 0.786. The summed E-state index contributed by atoms with van der Waals surface area (Å²) in [5.41, 5.74) is 1.23. The van der Waals surface area contributed by atoms with Crippen molar-refractivity contribution >= 4 is 11.8 Å². The average Bonchev–Trinajstić information content (AvgIpc) is 3.06. The molecule has 4 nitrogen and oxygen atoms in total.